The molecule has 0 saturated heterocycles. The number of phenolic OH excluding ortho intramolecular Hbond substituents is 2. The molecule has 1 aliphatic heterocycles. The fraction of sp³-hybridized carbons (Fsp3) is 0.176. The monoisotopic (exact) mass is 296 g/mol. The highest BCUT2D eigenvalue weighted by Crippen LogP contribution is 2.34. The molecule has 0 bridgehead atoms. The molecule has 2 aromatic carbocycles. The maximum atomic E-state index is 11.9. The van der Waals surface area contributed by atoms with Crippen molar-refractivity contribution in [2.75, 3.05) is 0 Å². The first-order chi connectivity index (χ1) is 10.6. The lowest BCUT2D eigenvalue weighted by Gasteiger charge is -2.20. The Morgan fingerprint density at radius 3 is 2.50 bits per heavy atom. The van der Waals surface area contributed by atoms with Crippen molar-refractivity contribution >= 4 is 11.6 Å². The summed E-state index contributed by atoms with van der Waals surface area (Å²) in [5, 5.41) is 24.9. The van der Waals surface area contributed by atoms with Gasteiger partial charge >= 0.3 is 0 Å². The molecule has 3 rings (SSSR count). The molecule has 0 saturated carbocycles. The number of hydrogen-bond acceptors (Lipinski definition) is 4. The van der Waals surface area contributed by atoms with Crippen molar-refractivity contribution in [2.24, 2.45) is 5.10 Å². The first-order valence-corrected chi connectivity index (χ1v) is 7.01. The lowest BCUT2D eigenvalue weighted by Crippen LogP contribution is -2.24. The third-order valence-corrected chi connectivity index (χ3v) is 3.73. The number of nitrogens with zero attached hydrogens (tertiary/aromatic N) is 2. The average molecular weight is 296 g/mol. The van der Waals surface area contributed by atoms with Gasteiger partial charge in [-0.1, -0.05) is 30.3 Å². The predicted octanol–water partition coefficient (Wildman–Crippen LogP) is 2.80. The molecular weight excluding hydrogens is 280 g/mol. The molecule has 1 atom stereocenters. The van der Waals surface area contributed by atoms with Crippen molar-refractivity contribution in [2.45, 2.75) is 19.4 Å². The number of phenols is 2. The summed E-state index contributed by atoms with van der Waals surface area (Å²) < 4.78 is 0. The maximum absolute atomic E-state index is 11.9. The Morgan fingerprint density at radius 1 is 1.14 bits per heavy atom. The van der Waals surface area contributed by atoms with Gasteiger partial charge in [0.15, 0.2) is 11.5 Å². The zero-order valence-electron chi connectivity index (χ0n) is 12.1. The number of aromatic hydroxyl groups is 2. The zero-order valence-corrected chi connectivity index (χ0v) is 12.1. The van der Waals surface area contributed by atoms with Crippen LogP contribution in [0, 0.1) is 0 Å². The van der Waals surface area contributed by atoms with E-state index in [1.807, 2.05) is 30.3 Å². The Labute approximate surface area is 128 Å². The molecule has 5 nitrogen and oxygen atoms in total. The fourth-order valence-electron chi connectivity index (χ4n) is 2.61. The van der Waals surface area contributed by atoms with Gasteiger partial charge in [-0.15, -0.1) is 0 Å². The Balaban J connectivity index is 1.96. The summed E-state index contributed by atoms with van der Waals surface area (Å²) in [7, 11) is 0. The second kappa shape index (κ2) is 5.52. The normalized spacial score (nSPS) is 17.4. The first kappa shape index (κ1) is 14.1. The van der Waals surface area contributed by atoms with Crippen molar-refractivity contribution < 1.29 is 15.0 Å². The molecule has 1 unspecified atom stereocenters. The van der Waals surface area contributed by atoms with Crippen LogP contribution < -0.4 is 0 Å². The lowest BCUT2D eigenvalue weighted by molar-refractivity contribution is -0.130. The van der Waals surface area contributed by atoms with E-state index >= 15 is 0 Å². The van der Waals surface area contributed by atoms with Crippen molar-refractivity contribution in [1.29, 1.82) is 0 Å². The van der Waals surface area contributed by atoms with E-state index in [1.54, 1.807) is 6.07 Å². The molecule has 112 valence electrons. The van der Waals surface area contributed by atoms with Crippen LogP contribution in [-0.2, 0) is 4.79 Å². The van der Waals surface area contributed by atoms with Crippen molar-refractivity contribution in [3.05, 3.63) is 59.7 Å². The summed E-state index contributed by atoms with van der Waals surface area (Å²) in [5.41, 5.74) is 2.42. The van der Waals surface area contributed by atoms with Gasteiger partial charge in [-0.25, -0.2) is 5.01 Å². The van der Waals surface area contributed by atoms with Crippen LogP contribution in [0.1, 0.15) is 30.5 Å². The number of hydrazone groups is 1. The second-order valence-corrected chi connectivity index (χ2v) is 5.24. The molecule has 0 aromatic heterocycles. The van der Waals surface area contributed by atoms with Gasteiger partial charge in [-0.3, -0.25) is 4.79 Å². The summed E-state index contributed by atoms with van der Waals surface area (Å²) >= 11 is 0. The molecule has 1 aliphatic rings. The summed E-state index contributed by atoms with van der Waals surface area (Å²) in [6.07, 6.45) is 0.563. The van der Waals surface area contributed by atoms with Gasteiger partial charge in [0.1, 0.15) is 0 Å². The molecule has 1 amide bonds. The molecule has 22 heavy (non-hydrogen) atoms. The molecule has 1 heterocycles. The van der Waals surface area contributed by atoms with E-state index in [9.17, 15) is 15.0 Å². The average Bonchev–Trinajstić information content (AvgIpc) is 2.96. The van der Waals surface area contributed by atoms with E-state index < -0.39 is 0 Å². The Morgan fingerprint density at radius 2 is 1.86 bits per heavy atom. The van der Waals surface area contributed by atoms with Gasteiger partial charge in [0.25, 0.3) is 0 Å². The third-order valence-electron chi connectivity index (χ3n) is 3.73. The van der Waals surface area contributed by atoms with Crippen LogP contribution in [0.4, 0.5) is 0 Å². The van der Waals surface area contributed by atoms with E-state index in [0.717, 1.165) is 5.56 Å². The van der Waals surface area contributed by atoms with Crippen molar-refractivity contribution in [1.82, 2.24) is 5.01 Å². The number of rotatable bonds is 2. The number of hydrogen-bond donors (Lipinski definition) is 2. The number of amides is 1. The minimum atomic E-state index is -0.197. The van der Waals surface area contributed by atoms with Crippen LogP contribution in [0.5, 0.6) is 11.5 Å². The quantitative estimate of drug-likeness (QED) is 0.837. The van der Waals surface area contributed by atoms with Gasteiger partial charge < -0.3 is 10.2 Å². The fourth-order valence-corrected chi connectivity index (χ4v) is 2.61. The van der Waals surface area contributed by atoms with E-state index in [0.29, 0.717) is 17.7 Å². The number of carbonyl (C=O) groups is 1. The number of carbonyl (C=O) groups excluding carboxylic acids is 1. The minimum Gasteiger partial charge on any atom is -0.504 e. The van der Waals surface area contributed by atoms with Crippen LogP contribution in [0.15, 0.2) is 53.6 Å². The van der Waals surface area contributed by atoms with E-state index in [4.69, 9.17) is 0 Å². The standard InChI is InChI=1S/C17H16N2O3/c1-11(20)19-15(12-5-3-2-4-6-12)10-14(18-19)13-7-8-16(21)17(22)9-13/h2-9,15,21-22H,10H2,1H3. The van der Waals surface area contributed by atoms with E-state index in [2.05, 4.69) is 5.10 Å². The molecular formula is C17H16N2O3. The van der Waals surface area contributed by atoms with Gasteiger partial charge in [-0.2, -0.15) is 5.10 Å². The molecule has 5 heteroatoms. The van der Waals surface area contributed by atoms with Crippen molar-refractivity contribution in [3.8, 4) is 11.5 Å². The van der Waals surface area contributed by atoms with Gasteiger partial charge in [0.05, 0.1) is 11.8 Å². The maximum Gasteiger partial charge on any atom is 0.240 e. The minimum absolute atomic E-state index is 0.133. The van der Waals surface area contributed by atoms with Crippen LogP contribution in [0.2, 0.25) is 0 Å². The summed E-state index contributed by atoms with van der Waals surface area (Å²) in [4.78, 5) is 11.9. The van der Waals surface area contributed by atoms with E-state index in [1.165, 1.54) is 24.1 Å². The van der Waals surface area contributed by atoms with Gasteiger partial charge in [0.2, 0.25) is 5.91 Å². The van der Waals surface area contributed by atoms with Crippen LogP contribution in [-0.4, -0.2) is 26.8 Å². The second-order valence-electron chi connectivity index (χ2n) is 5.24. The van der Waals surface area contributed by atoms with Crippen LogP contribution in [0.25, 0.3) is 0 Å². The molecule has 2 N–H and O–H groups in total. The largest absolute Gasteiger partial charge is 0.504 e. The topological polar surface area (TPSA) is 73.1 Å². The summed E-state index contributed by atoms with van der Waals surface area (Å²) in [6.45, 7) is 1.48. The SMILES string of the molecule is CC(=O)N1N=C(c2ccc(O)c(O)c2)CC1c1ccccc1. The highest BCUT2D eigenvalue weighted by atomic mass is 16.3. The predicted molar refractivity (Wildman–Crippen MR) is 82.6 cm³/mol. The van der Waals surface area contributed by atoms with Gasteiger partial charge in [0, 0.05) is 18.9 Å². The number of benzene rings is 2. The summed E-state index contributed by atoms with van der Waals surface area (Å²) in [6, 6.07) is 14.1. The molecule has 0 spiro atoms. The van der Waals surface area contributed by atoms with E-state index in [-0.39, 0.29) is 23.4 Å². The Bertz CT molecular complexity index is 741. The first-order valence-electron chi connectivity index (χ1n) is 7.01. The third kappa shape index (κ3) is 2.53. The lowest BCUT2D eigenvalue weighted by atomic mass is 9.98. The molecule has 0 aliphatic carbocycles. The van der Waals surface area contributed by atoms with Crippen LogP contribution in [0.3, 0.4) is 0 Å². The summed E-state index contributed by atoms with van der Waals surface area (Å²) in [5.74, 6) is -0.505. The van der Waals surface area contributed by atoms with Gasteiger partial charge in [-0.05, 0) is 23.8 Å². The molecule has 2 aromatic rings. The molecule has 0 radical (unpaired) electrons. The highest BCUT2D eigenvalue weighted by molar-refractivity contribution is 6.03. The van der Waals surface area contributed by atoms with Crippen LogP contribution >= 0.6 is 0 Å². The Hall–Kier alpha value is -2.82. The molecule has 0 fully saturated rings. The zero-order chi connectivity index (χ0) is 15.7. The highest BCUT2D eigenvalue weighted by Gasteiger charge is 2.31. The smallest absolute Gasteiger partial charge is 0.240 e. The Kier molecular flexibility index (Phi) is 3.55. The van der Waals surface area contributed by atoms with Crippen molar-refractivity contribution in [3.63, 3.8) is 0 Å².